The van der Waals surface area contributed by atoms with Crippen molar-refractivity contribution in [3.63, 3.8) is 0 Å². The molecule has 0 saturated heterocycles. The predicted octanol–water partition coefficient (Wildman–Crippen LogP) is 3.59. The average molecular weight is 283 g/mol. The second-order valence-electron chi connectivity index (χ2n) is 3.87. The first-order valence-corrected chi connectivity index (χ1v) is 5.48. The van der Waals surface area contributed by atoms with E-state index in [0.717, 1.165) is 18.2 Å². The fourth-order valence-electron chi connectivity index (χ4n) is 1.54. The van der Waals surface area contributed by atoms with E-state index in [4.69, 9.17) is 4.74 Å². The third-order valence-corrected chi connectivity index (χ3v) is 2.54. The summed E-state index contributed by atoms with van der Waals surface area (Å²) in [6.45, 7) is -0.391. The van der Waals surface area contributed by atoms with Crippen LogP contribution in [0, 0.1) is 27.6 Å². The number of ether oxygens (including phenoxy) is 1. The van der Waals surface area contributed by atoms with Gasteiger partial charge in [-0.2, -0.15) is 0 Å². The maximum Gasteiger partial charge on any atom is 0.272 e. The van der Waals surface area contributed by atoms with Crippen LogP contribution in [-0.2, 0) is 6.61 Å². The van der Waals surface area contributed by atoms with Gasteiger partial charge in [-0.3, -0.25) is 10.1 Å². The maximum absolute atomic E-state index is 13.5. The van der Waals surface area contributed by atoms with E-state index in [9.17, 15) is 23.3 Å². The summed E-state index contributed by atoms with van der Waals surface area (Å²) < 4.78 is 44.8. The van der Waals surface area contributed by atoms with Gasteiger partial charge in [0.15, 0.2) is 23.2 Å². The molecule has 0 aromatic heterocycles. The second-order valence-corrected chi connectivity index (χ2v) is 3.87. The third kappa shape index (κ3) is 2.87. The Balaban J connectivity index is 2.15. The molecule has 2 aromatic rings. The quantitative estimate of drug-likeness (QED) is 0.636. The first kappa shape index (κ1) is 13.9. The van der Waals surface area contributed by atoms with Crippen LogP contribution in [0.4, 0.5) is 18.9 Å². The van der Waals surface area contributed by atoms with Gasteiger partial charge in [-0.05, 0) is 12.1 Å². The van der Waals surface area contributed by atoms with Crippen molar-refractivity contribution in [1.29, 1.82) is 0 Å². The molecule has 0 radical (unpaired) electrons. The number of halogens is 3. The molecular formula is C13H8F3NO3. The fraction of sp³-hybridized carbons (Fsp3) is 0.0769. The van der Waals surface area contributed by atoms with Gasteiger partial charge >= 0.3 is 0 Å². The highest BCUT2D eigenvalue weighted by molar-refractivity contribution is 5.37. The van der Waals surface area contributed by atoms with Crippen LogP contribution in [0.2, 0.25) is 0 Å². The van der Waals surface area contributed by atoms with Crippen LogP contribution in [0.5, 0.6) is 5.75 Å². The number of benzene rings is 2. The molecule has 0 atom stereocenters. The molecule has 0 spiro atoms. The SMILES string of the molecule is O=[N+]([O-])c1ccc(OCc2cccc(F)c2F)c(F)c1. The molecule has 0 N–H and O–H groups in total. The minimum atomic E-state index is -1.07. The molecule has 0 fully saturated rings. The zero-order valence-electron chi connectivity index (χ0n) is 9.98. The van der Waals surface area contributed by atoms with Crippen molar-refractivity contribution in [3.8, 4) is 5.75 Å². The normalized spacial score (nSPS) is 10.3. The molecule has 0 heterocycles. The van der Waals surface area contributed by atoms with Gasteiger partial charge in [-0.15, -0.1) is 0 Å². The highest BCUT2D eigenvalue weighted by Gasteiger charge is 2.13. The highest BCUT2D eigenvalue weighted by Crippen LogP contribution is 2.23. The molecule has 7 heteroatoms. The molecule has 0 amide bonds. The molecule has 104 valence electrons. The first-order chi connectivity index (χ1) is 9.49. The Hall–Kier alpha value is -2.57. The summed E-state index contributed by atoms with van der Waals surface area (Å²) in [7, 11) is 0. The summed E-state index contributed by atoms with van der Waals surface area (Å²) in [6, 6.07) is 6.35. The molecule has 4 nitrogen and oxygen atoms in total. The predicted molar refractivity (Wildman–Crippen MR) is 63.7 cm³/mol. The zero-order chi connectivity index (χ0) is 14.7. The summed E-state index contributed by atoms with van der Waals surface area (Å²) in [4.78, 5) is 9.68. The summed E-state index contributed by atoms with van der Waals surface area (Å²) in [6.07, 6.45) is 0. The van der Waals surface area contributed by atoms with Crippen molar-refractivity contribution in [2.45, 2.75) is 6.61 Å². The van der Waals surface area contributed by atoms with Crippen molar-refractivity contribution in [2.24, 2.45) is 0 Å². The van der Waals surface area contributed by atoms with E-state index in [1.807, 2.05) is 0 Å². The summed E-state index contributed by atoms with van der Waals surface area (Å²) in [5.74, 6) is -3.33. The third-order valence-electron chi connectivity index (χ3n) is 2.54. The lowest BCUT2D eigenvalue weighted by atomic mass is 10.2. The Morgan fingerprint density at radius 2 is 1.85 bits per heavy atom. The van der Waals surface area contributed by atoms with Crippen LogP contribution < -0.4 is 4.74 Å². The topological polar surface area (TPSA) is 52.4 Å². The van der Waals surface area contributed by atoms with E-state index in [1.165, 1.54) is 12.1 Å². The lowest BCUT2D eigenvalue weighted by Crippen LogP contribution is -2.02. The molecular weight excluding hydrogens is 275 g/mol. The lowest BCUT2D eigenvalue weighted by molar-refractivity contribution is -0.385. The number of hydrogen-bond acceptors (Lipinski definition) is 3. The van der Waals surface area contributed by atoms with E-state index < -0.39 is 34.7 Å². The van der Waals surface area contributed by atoms with E-state index in [1.54, 1.807) is 0 Å². The van der Waals surface area contributed by atoms with Crippen LogP contribution in [0.15, 0.2) is 36.4 Å². The van der Waals surface area contributed by atoms with Crippen molar-refractivity contribution in [1.82, 2.24) is 0 Å². The highest BCUT2D eigenvalue weighted by atomic mass is 19.2. The van der Waals surface area contributed by atoms with E-state index in [2.05, 4.69) is 0 Å². The Morgan fingerprint density at radius 3 is 2.50 bits per heavy atom. The monoisotopic (exact) mass is 283 g/mol. The summed E-state index contributed by atoms with van der Waals surface area (Å²) in [5, 5.41) is 10.4. The molecule has 0 aliphatic carbocycles. The van der Waals surface area contributed by atoms with Gasteiger partial charge in [-0.25, -0.2) is 13.2 Å². The van der Waals surface area contributed by atoms with E-state index in [0.29, 0.717) is 6.07 Å². The minimum Gasteiger partial charge on any atom is -0.486 e. The number of nitrogens with zero attached hydrogens (tertiary/aromatic N) is 1. The van der Waals surface area contributed by atoms with Crippen molar-refractivity contribution < 1.29 is 22.8 Å². The van der Waals surface area contributed by atoms with Gasteiger partial charge in [0.1, 0.15) is 6.61 Å². The fourth-order valence-corrected chi connectivity index (χ4v) is 1.54. The van der Waals surface area contributed by atoms with Crippen molar-refractivity contribution in [2.75, 3.05) is 0 Å². The smallest absolute Gasteiger partial charge is 0.272 e. The Morgan fingerprint density at radius 1 is 1.10 bits per heavy atom. The molecule has 0 unspecified atom stereocenters. The molecule has 0 bridgehead atoms. The van der Waals surface area contributed by atoms with Crippen LogP contribution in [0.1, 0.15) is 5.56 Å². The lowest BCUT2D eigenvalue weighted by Gasteiger charge is -2.08. The van der Waals surface area contributed by atoms with Gasteiger partial charge in [0.25, 0.3) is 5.69 Å². The summed E-state index contributed by atoms with van der Waals surface area (Å²) >= 11 is 0. The zero-order valence-corrected chi connectivity index (χ0v) is 9.98. The Bertz CT molecular complexity index is 661. The van der Waals surface area contributed by atoms with Crippen LogP contribution >= 0.6 is 0 Å². The van der Waals surface area contributed by atoms with Gasteiger partial charge in [0.2, 0.25) is 0 Å². The van der Waals surface area contributed by atoms with Gasteiger partial charge in [0, 0.05) is 11.6 Å². The van der Waals surface area contributed by atoms with Gasteiger partial charge in [0.05, 0.1) is 11.0 Å². The Labute approximate surface area is 111 Å². The standard InChI is InChI=1S/C13H8F3NO3/c14-10-3-1-2-8(13(10)16)7-20-12-5-4-9(17(18)19)6-11(12)15/h1-6H,7H2. The molecule has 20 heavy (non-hydrogen) atoms. The Kier molecular flexibility index (Phi) is 3.88. The maximum atomic E-state index is 13.5. The molecule has 0 saturated carbocycles. The van der Waals surface area contributed by atoms with Gasteiger partial charge < -0.3 is 4.74 Å². The molecule has 2 rings (SSSR count). The van der Waals surface area contributed by atoms with Crippen LogP contribution in [0.3, 0.4) is 0 Å². The van der Waals surface area contributed by atoms with Crippen molar-refractivity contribution in [3.05, 3.63) is 69.5 Å². The molecule has 2 aromatic carbocycles. The largest absolute Gasteiger partial charge is 0.486 e. The second kappa shape index (κ2) is 5.60. The minimum absolute atomic E-state index is 0.0808. The number of rotatable bonds is 4. The summed E-state index contributed by atoms with van der Waals surface area (Å²) in [5.41, 5.74) is -0.505. The van der Waals surface area contributed by atoms with Gasteiger partial charge in [-0.1, -0.05) is 12.1 Å². The number of non-ortho nitro benzene ring substituents is 1. The van der Waals surface area contributed by atoms with E-state index >= 15 is 0 Å². The number of nitro groups is 1. The van der Waals surface area contributed by atoms with Crippen LogP contribution in [-0.4, -0.2) is 4.92 Å². The van der Waals surface area contributed by atoms with E-state index in [-0.39, 0.29) is 11.3 Å². The molecule has 0 aliphatic heterocycles. The number of nitro benzene ring substituents is 1. The number of hydrogen-bond donors (Lipinski definition) is 0. The van der Waals surface area contributed by atoms with Crippen molar-refractivity contribution >= 4 is 5.69 Å². The average Bonchev–Trinajstić information content (AvgIpc) is 2.41. The first-order valence-electron chi connectivity index (χ1n) is 5.48. The molecule has 0 aliphatic rings. The van der Waals surface area contributed by atoms with Crippen LogP contribution in [0.25, 0.3) is 0 Å².